The molecule has 0 unspecified atom stereocenters. The van der Waals surface area contributed by atoms with Gasteiger partial charge in [-0.2, -0.15) is 13.2 Å². The van der Waals surface area contributed by atoms with Gasteiger partial charge in [-0.3, -0.25) is 9.59 Å². The standard InChI is InChI=1S/C25H32N2O2S.C2HF3O2/c1-25(2,3)17-18(15-23(28)21(26)16-20-8-6-14-30-20)10-11-24(29)27-13-12-19-7-4-5-9-22(19)27;3-2(4,5)1(6)7/h4-11,14,18,21H,12-13,15-17,26H2,1-3H3;(H,6,7)/b11-10+;/t18-,21-;/m0./s1. The summed E-state index contributed by atoms with van der Waals surface area (Å²) in [5.74, 6) is -2.73. The number of nitrogens with zero attached hydrogens (tertiary/aromatic N) is 1. The van der Waals surface area contributed by atoms with E-state index in [4.69, 9.17) is 15.6 Å². The molecule has 202 valence electrons. The van der Waals surface area contributed by atoms with E-state index in [0.717, 1.165) is 23.4 Å². The van der Waals surface area contributed by atoms with Crippen LogP contribution in [0.5, 0.6) is 0 Å². The average Bonchev–Trinajstić information content (AvgIpc) is 3.45. The summed E-state index contributed by atoms with van der Waals surface area (Å²) in [5.41, 5.74) is 8.44. The smallest absolute Gasteiger partial charge is 0.475 e. The second-order valence-corrected chi connectivity index (χ2v) is 11.1. The summed E-state index contributed by atoms with van der Waals surface area (Å²) in [4.78, 5) is 37.5. The molecule has 0 bridgehead atoms. The van der Waals surface area contributed by atoms with Gasteiger partial charge >= 0.3 is 12.1 Å². The topological polar surface area (TPSA) is 101 Å². The number of allylic oxidation sites excluding steroid dienone is 1. The minimum absolute atomic E-state index is 0.00585. The quantitative estimate of drug-likeness (QED) is 0.438. The molecule has 0 spiro atoms. The van der Waals surface area contributed by atoms with E-state index in [-0.39, 0.29) is 23.0 Å². The number of para-hydroxylation sites is 1. The number of carboxylic acid groups (broad SMARTS) is 1. The molecule has 0 fully saturated rings. The first-order valence-electron chi connectivity index (χ1n) is 11.9. The summed E-state index contributed by atoms with van der Waals surface area (Å²) in [6, 6.07) is 11.5. The molecule has 1 aromatic heterocycles. The first-order valence-corrected chi connectivity index (χ1v) is 12.7. The molecule has 2 aromatic rings. The lowest BCUT2D eigenvalue weighted by Crippen LogP contribution is -2.34. The highest BCUT2D eigenvalue weighted by Crippen LogP contribution is 2.30. The molecule has 1 aliphatic heterocycles. The van der Waals surface area contributed by atoms with Crippen LogP contribution in [0.25, 0.3) is 0 Å². The third-order valence-electron chi connectivity index (χ3n) is 5.66. The zero-order valence-corrected chi connectivity index (χ0v) is 21.9. The predicted molar refractivity (Wildman–Crippen MR) is 139 cm³/mol. The number of carbonyl (C=O) groups excluding carboxylic acids is 2. The predicted octanol–water partition coefficient (Wildman–Crippen LogP) is 5.41. The summed E-state index contributed by atoms with van der Waals surface area (Å²) < 4.78 is 31.7. The highest BCUT2D eigenvalue weighted by atomic mass is 32.1. The summed E-state index contributed by atoms with van der Waals surface area (Å²) in [7, 11) is 0. The molecule has 3 N–H and O–H groups in total. The van der Waals surface area contributed by atoms with Crippen LogP contribution in [0.1, 0.15) is 44.1 Å². The summed E-state index contributed by atoms with van der Waals surface area (Å²) in [6.07, 6.45) is 1.14. The molecule has 0 saturated heterocycles. The number of benzene rings is 1. The number of carbonyl (C=O) groups is 3. The van der Waals surface area contributed by atoms with Gasteiger partial charge in [0.15, 0.2) is 0 Å². The van der Waals surface area contributed by atoms with Crippen molar-refractivity contribution in [2.45, 2.75) is 58.7 Å². The lowest BCUT2D eigenvalue weighted by Gasteiger charge is -2.24. The number of fused-ring (bicyclic) bond motifs is 1. The number of hydrogen-bond acceptors (Lipinski definition) is 5. The van der Waals surface area contributed by atoms with Gasteiger partial charge in [-0.1, -0.05) is 51.1 Å². The SMILES string of the molecule is CC(C)(C)C[C@@H](/C=C/C(=O)N1CCc2ccccc21)CC(=O)[C@@H](N)Cc1cccs1.O=C(O)C(F)(F)F. The van der Waals surface area contributed by atoms with Gasteiger partial charge < -0.3 is 15.7 Å². The fourth-order valence-electron chi connectivity index (χ4n) is 4.04. The minimum atomic E-state index is -5.08. The van der Waals surface area contributed by atoms with Crippen molar-refractivity contribution in [1.82, 2.24) is 0 Å². The third kappa shape index (κ3) is 10.1. The van der Waals surface area contributed by atoms with Gasteiger partial charge in [0.2, 0.25) is 0 Å². The number of rotatable bonds is 8. The zero-order chi connectivity index (χ0) is 27.8. The molecule has 1 amide bonds. The highest BCUT2D eigenvalue weighted by Gasteiger charge is 2.38. The molecule has 10 heteroatoms. The van der Waals surface area contributed by atoms with Crippen LogP contribution in [0, 0.1) is 11.3 Å². The number of amides is 1. The van der Waals surface area contributed by atoms with Gasteiger partial charge in [-0.15, -0.1) is 11.3 Å². The van der Waals surface area contributed by atoms with E-state index in [1.54, 1.807) is 17.4 Å². The van der Waals surface area contributed by atoms with Crippen molar-refractivity contribution >= 4 is 34.7 Å². The molecular formula is C27H33F3N2O4S. The van der Waals surface area contributed by atoms with E-state index in [1.807, 2.05) is 46.7 Å². The van der Waals surface area contributed by atoms with Crippen LogP contribution in [0.3, 0.4) is 0 Å². The van der Waals surface area contributed by atoms with E-state index in [9.17, 15) is 22.8 Å². The van der Waals surface area contributed by atoms with Crippen LogP contribution < -0.4 is 10.6 Å². The van der Waals surface area contributed by atoms with Gasteiger partial charge in [-0.25, -0.2) is 4.79 Å². The number of aliphatic carboxylic acids is 1. The molecule has 0 radical (unpaired) electrons. The summed E-state index contributed by atoms with van der Waals surface area (Å²) in [5, 5.41) is 9.12. The third-order valence-corrected chi connectivity index (χ3v) is 6.56. The Balaban J connectivity index is 0.000000604. The van der Waals surface area contributed by atoms with Crippen LogP contribution in [0.15, 0.2) is 53.9 Å². The Bertz CT molecular complexity index is 1090. The number of halogens is 3. The van der Waals surface area contributed by atoms with Crippen molar-refractivity contribution in [3.05, 3.63) is 64.4 Å². The number of ketones is 1. The van der Waals surface area contributed by atoms with E-state index >= 15 is 0 Å². The van der Waals surface area contributed by atoms with E-state index in [2.05, 4.69) is 26.8 Å². The molecule has 6 nitrogen and oxygen atoms in total. The van der Waals surface area contributed by atoms with Gasteiger partial charge in [-0.05, 0) is 53.3 Å². The molecule has 1 aliphatic rings. The van der Waals surface area contributed by atoms with Crippen molar-refractivity contribution in [3.8, 4) is 0 Å². The first-order chi connectivity index (χ1) is 17.2. The van der Waals surface area contributed by atoms with Crippen LogP contribution >= 0.6 is 11.3 Å². The monoisotopic (exact) mass is 538 g/mol. The van der Waals surface area contributed by atoms with Crippen molar-refractivity contribution in [2.75, 3.05) is 11.4 Å². The normalized spacial score (nSPS) is 15.1. The molecule has 0 saturated carbocycles. The molecule has 1 aromatic carbocycles. The maximum Gasteiger partial charge on any atom is 0.490 e. The van der Waals surface area contributed by atoms with Crippen molar-refractivity contribution in [3.63, 3.8) is 0 Å². The van der Waals surface area contributed by atoms with E-state index in [0.29, 0.717) is 19.4 Å². The van der Waals surface area contributed by atoms with E-state index in [1.165, 1.54) is 5.56 Å². The van der Waals surface area contributed by atoms with Crippen LogP contribution in [0.4, 0.5) is 18.9 Å². The Kier molecular flexibility index (Phi) is 10.6. The lowest BCUT2D eigenvalue weighted by molar-refractivity contribution is -0.192. The molecule has 2 heterocycles. The Hall–Kier alpha value is -2.98. The van der Waals surface area contributed by atoms with Crippen LogP contribution in [-0.4, -0.2) is 41.5 Å². The fraction of sp³-hybridized carbons (Fsp3) is 0.444. The Morgan fingerprint density at radius 2 is 1.78 bits per heavy atom. The Morgan fingerprint density at radius 3 is 2.35 bits per heavy atom. The minimum Gasteiger partial charge on any atom is -0.475 e. The first kappa shape index (κ1) is 30.2. The van der Waals surface area contributed by atoms with Crippen molar-refractivity contribution in [1.29, 1.82) is 0 Å². The van der Waals surface area contributed by atoms with E-state index < -0.39 is 18.2 Å². The number of carboxylic acids is 1. The van der Waals surface area contributed by atoms with Gasteiger partial charge in [0.25, 0.3) is 5.91 Å². The maximum atomic E-state index is 12.8. The molecule has 0 aliphatic carbocycles. The number of alkyl halides is 3. The maximum absolute atomic E-state index is 12.8. The molecule has 37 heavy (non-hydrogen) atoms. The highest BCUT2D eigenvalue weighted by molar-refractivity contribution is 7.09. The number of anilines is 1. The van der Waals surface area contributed by atoms with Gasteiger partial charge in [0, 0.05) is 30.0 Å². The van der Waals surface area contributed by atoms with Crippen LogP contribution in [0.2, 0.25) is 0 Å². The number of thiophene rings is 1. The van der Waals surface area contributed by atoms with Gasteiger partial charge in [0.1, 0.15) is 5.78 Å². The Labute approximate surface area is 219 Å². The second-order valence-electron chi connectivity index (χ2n) is 10.1. The number of hydrogen-bond donors (Lipinski definition) is 2. The fourth-order valence-corrected chi connectivity index (χ4v) is 4.80. The molecule has 2 atom stereocenters. The number of nitrogens with two attached hydrogens (primary N) is 1. The Morgan fingerprint density at radius 1 is 1.14 bits per heavy atom. The molecular weight excluding hydrogens is 505 g/mol. The average molecular weight is 539 g/mol. The lowest BCUT2D eigenvalue weighted by atomic mass is 9.81. The van der Waals surface area contributed by atoms with Crippen molar-refractivity contribution in [2.24, 2.45) is 17.1 Å². The summed E-state index contributed by atoms with van der Waals surface area (Å²) >= 11 is 1.62. The van der Waals surface area contributed by atoms with Crippen molar-refractivity contribution < 1.29 is 32.7 Å². The zero-order valence-electron chi connectivity index (χ0n) is 21.1. The van der Waals surface area contributed by atoms with Crippen LogP contribution in [-0.2, 0) is 27.2 Å². The number of Topliss-reactive ketones (excluding diaryl/α,β-unsaturated/α-hetero) is 1. The van der Waals surface area contributed by atoms with Gasteiger partial charge in [0.05, 0.1) is 6.04 Å². The summed E-state index contributed by atoms with van der Waals surface area (Å²) in [6.45, 7) is 7.17. The second kappa shape index (κ2) is 13.0. The molecule has 3 rings (SSSR count). The largest absolute Gasteiger partial charge is 0.490 e.